The van der Waals surface area contributed by atoms with Crippen LogP contribution in [0.4, 0.5) is 9.59 Å². The lowest BCUT2D eigenvalue weighted by atomic mass is 9.87. The predicted octanol–water partition coefficient (Wildman–Crippen LogP) is 1.97. The van der Waals surface area contributed by atoms with Gasteiger partial charge >= 0.3 is 18.1 Å². The van der Waals surface area contributed by atoms with E-state index in [-0.39, 0.29) is 18.2 Å². The van der Waals surface area contributed by atoms with Gasteiger partial charge in [0.15, 0.2) is 0 Å². The molecular weight excluding hydrogens is 296 g/mol. The fourth-order valence-electron chi connectivity index (χ4n) is 2.75. The highest BCUT2D eigenvalue weighted by atomic mass is 16.6. The van der Waals surface area contributed by atoms with Crippen molar-refractivity contribution >= 4 is 18.1 Å². The van der Waals surface area contributed by atoms with Gasteiger partial charge in [-0.1, -0.05) is 19.8 Å². The lowest BCUT2D eigenvalue weighted by molar-refractivity contribution is -0.471. The Kier molecular flexibility index (Phi) is 7.32. The Morgan fingerprint density at radius 3 is 2.43 bits per heavy atom. The number of carbonyl (C=O) groups excluding carboxylic acids is 2. The van der Waals surface area contributed by atoms with E-state index in [4.69, 9.17) is 4.74 Å². The molecule has 1 rings (SSSR count). The number of nitrogens with one attached hydrogen (secondary N) is 2. The van der Waals surface area contributed by atoms with E-state index in [2.05, 4.69) is 17.6 Å². The first-order valence-electron chi connectivity index (χ1n) is 8.26. The Balaban J connectivity index is 2.63. The van der Waals surface area contributed by atoms with Crippen molar-refractivity contribution in [3.8, 4) is 0 Å². The number of amides is 3. The number of carbonyl (C=O) groups is 2. The minimum Gasteiger partial charge on any atom is -0.435 e. The highest BCUT2D eigenvalue weighted by molar-refractivity contribution is 6.00. The minimum absolute atomic E-state index is 0.190. The van der Waals surface area contributed by atoms with Gasteiger partial charge in [0.2, 0.25) is 0 Å². The standard InChI is InChI=1S/C16H30N4O3/c1-11(2)23-16(22)20(6)15(19(4)5)18-14(21)17-13-9-7-8-12(3)10-13/h11-13H,7-10H2,1-6H3,(H,17,21)/p+1. The molecule has 0 heterocycles. The van der Waals surface area contributed by atoms with E-state index in [1.807, 2.05) is 0 Å². The van der Waals surface area contributed by atoms with Crippen LogP contribution in [0.15, 0.2) is 0 Å². The van der Waals surface area contributed by atoms with Crippen LogP contribution in [0.2, 0.25) is 0 Å². The highest BCUT2D eigenvalue weighted by Crippen LogP contribution is 2.23. The lowest BCUT2D eigenvalue weighted by Gasteiger charge is -2.27. The predicted molar refractivity (Wildman–Crippen MR) is 89.6 cm³/mol. The molecule has 7 heteroatoms. The zero-order chi connectivity index (χ0) is 17.6. The third-order valence-electron chi connectivity index (χ3n) is 3.85. The fourth-order valence-corrected chi connectivity index (χ4v) is 2.75. The van der Waals surface area contributed by atoms with E-state index in [9.17, 15) is 9.59 Å². The van der Waals surface area contributed by atoms with Gasteiger partial charge in [0.1, 0.15) is 0 Å². The van der Waals surface area contributed by atoms with Crippen LogP contribution in [-0.4, -0.2) is 60.8 Å². The number of hydrogen-bond acceptors (Lipinski definition) is 3. The topological polar surface area (TPSA) is 73.7 Å². The monoisotopic (exact) mass is 327 g/mol. The summed E-state index contributed by atoms with van der Waals surface area (Å²) in [6.07, 6.45) is 3.63. The normalized spacial score (nSPS) is 20.7. The second kappa shape index (κ2) is 8.74. The summed E-state index contributed by atoms with van der Waals surface area (Å²) in [6, 6.07) is -0.105. The summed E-state index contributed by atoms with van der Waals surface area (Å²) in [5.74, 6) is 1.01. The van der Waals surface area contributed by atoms with E-state index in [1.54, 1.807) is 39.6 Å². The molecule has 23 heavy (non-hydrogen) atoms. The molecule has 1 fully saturated rings. The van der Waals surface area contributed by atoms with Gasteiger partial charge < -0.3 is 10.1 Å². The second-order valence-corrected chi connectivity index (χ2v) is 6.78. The van der Waals surface area contributed by atoms with Crippen molar-refractivity contribution in [1.82, 2.24) is 15.5 Å². The van der Waals surface area contributed by atoms with Crippen molar-refractivity contribution in [3.05, 3.63) is 0 Å². The van der Waals surface area contributed by atoms with Crippen molar-refractivity contribution in [2.75, 3.05) is 21.1 Å². The second-order valence-electron chi connectivity index (χ2n) is 6.78. The smallest absolute Gasteiger partial charge is 0.435 e. The number of guanidine groups is 1. The molecule has 1 aliphatic rings. The quantitative estimate of drug-likeness (QED) is 0.463. The zero-order valence-electron chi connectivity index (χ0n) is 15.2. The molecule has 2 N–H and O–H groups in total. The number of hydrogen-bond donors (Lipinski definition) is 2. The summed E-state index contributed by atoms with van der Waals surface area (Å²) in [6.45, 7) is 5.77. The van der Waals surface area contributed by atoms with Crippen LogP contribution in [0.1, 0.15) is 46.5 Å². The zero-order valence-corrected chi connectivity index (χ0v) is 15.2. The fraction of sp³-hybridized carbons (Fsp3) is 0.812. The van der Waals surface area contributed by atoms with Crippen LogP contribution in [0.5, 0.6) is 0 Å². The summed E-state index contributed by atoms with van der Waals surface area (Å²) in [5, 5.41) is 5.74. The van der Waals surface area contributed by atoms with E-state index >= 15 is 0 Å². The van der Waals surface area contributed by atoms with Crippen LogP contribution in [-0.2, 0) is 4.74 Å². The average molecular weight is 327 g/mol. The van der Waals surface area contributed by atoms with E-state index in [0.29, 0.717) is 11.9 Å². The van der Waals surface area contributed by atoms with Crippen molar-refractivity contribution in [2.24, 2.45) is 5.92 Å². The van der Waals surface area contributed by atoms with E-state index < -0.39 is 6.09 Å². The van der Waals surface area contributed by atoms with Gasteiger partial charge in [-0.05, 0) is 32.6 Å². The maximum atomic E-state index is 12.2. The molecule has 7 nitrogen and oxygen atoms in total. The molecule has 1 saturated carbocycles. The maximum Gasteiger partial charge on any atom is 0.478 e. The first kappa shape index (κ1) is 19.3. The molecule has 0 bridgehead atoms. The third kappa shape index (κ3) is 6.46. The molecule has 132 valence electrons. The van der Waals surface area contributed by atoms with Gasteiger partial charge in [-0.3, -0.25) is 4.58 Å². The largest absolute Gasteiger partial charge is 0.478 e. The summed E-state index contributed by atoms with van der Waals surface area (Å²) < 4.78 is 6.83. The molecule has 3 amide bonds. The third-order valence-corrected chi connectivity index (χ3v) is 3.85. The Morgan fingerprint density at radius 2 is 1.91 bits per heavy atom. The molecule has 0 aliphatic heterocycles. The van der Waals surface area contributed by atoms with Gasteiger partial charge in [-0.15, -0.1) is 0 Å². The maximum absolute atomic E-state index is 12.2. The lowest BCUT2D eigenvalue weighted by Crippen LogP contribution is -2.54. The molecule has 1 aliphatic carbocycles. The van der Waals surface area contributed by atoms with Crippen LogP contribution >= 0.6 is 0 Å². The van der Waals surface area contributed by atoms with Crippen LogP contribution < -0.4 is 10.6 Å². The van der Waals surface area contributed by atoms with Crippen molar-refractivity contribution < 1.29 is 18.9 Å². The van der Waals surface area contributed by atoms with Crippen LogP contribution in [0, 0.1) is 5.92 Å². The van der Waals surface area contributed by atoms with Gasteiger partial charge in [0, 0.05) is 6.04 Å². The van der Waals surface area contributed by atoms with E-state index in [0.717, 1.165) is 19.3 Å². The molecule has 0 aromatic rings. The number of ether oxygens (including phenoxy) is 1. The molecular formula is C16H31N4O3+. The average Bonchev–Trinajstić information content (AvgIpc) is 2.43. The molecule has 0 aromatic carbocycles. The van der Waals surface area contributed by atoms with Crippen molar-refractivity contribution in [1.29, 1.82) is 0 Å². The summed E-state index contributed by atoms with van der Waals surface area (Å²) in [4.78, 5) is 25.5. The molecule has 2 unspecified atom stereocenters. The Labute approximate surface area is 139 Å². The molecule has 0 saturated heterocycles. The highest BCUT2D eigenvalue weighted by Gasteiger charge is 2.29. The first-order chi connectivity index (χ1) is 10.7. The summed E-state index contributed by atoms with van der Waals surface area (Å²) in [5.41, 5.74) is 0. The SMILES string of the molecule is CC1CCCC(NC(=O)NC(N(C)C(=O)OC(C)C)=[N+](C)C)C1. The number of nitrogens with zero attached hydrogens (tertiary/aromatic N) is 2. The summed E-state index contributed by atoms with van der Waals surface area (Å²) in [7, 11) is 5.10. The van der Waals surface area contributed by atoms with Crippen molar-refractivity contribution in [2.45, 2.75) is 58.6 Å². The molecule has 2 atom stereocenters. The Morgan fingerprint density at radius 1 is 1.26 bits per heavy atom. The molecule has 0 spiro atoms. The Bertz CT molecular complexity index is 458. The number of urea groups is 1. The van der Waals surface area contributed by atoms with Crippen LogP contribution in [0.3, 0.4) is 0 Å². The van der Waals surface area contributed by atoms with Gasteiger partial charge in [0.05, 0.1) is 27.2 Å². The van der Waals surface area contributed by atoms with Crippen molar-refractivity contribution in [3.63, 3.8) is 0 Å². The van der Waals surface area contributed by atoms with Crippen LogP contribution in [0.25, 0.3) is 0 Å². The van der Waals surface area contributed by atoms with Gasteiger partial charge in [0.25, 0.3) is 0 Å². The first-order valence-corrected chi connectivity index (χ1v) is 8.26. The molecule has 0 radical (unpaired) electrons. The summed E-state index contributed by atoms with van der Waals surface area (Å²) >= 11 is 0. The Hall–Kier alpha value is -1.79. The van der Waals surface area contributed by atoms with Gasteiger partial charge in [-0.25, -0.2) is 9.59 Å². The van der Waals surface area contributed by atoms with E-state index in [1.165, 1.54) is 11.3 Å². The van der Waals surface area contributed by atoms with Gasteiger partial charge in [-0.2, -0.15) is 10.2 Å². The minimum atomic E-state index is -0.504. The molecule has 0 aromatic heterocycles. The number of rotatable bonds is 2.